The van der Waals surface area contributed by atoms with E-state index in [4.69, 9.17) is 17.3 Å². The van der Waals surface area contributed by atoms with Crippen LogP contribution in [-0.4, -0.2) is 12.4 Å². The van der Waals surface area contributed by atoms with Crippen LogP contribution in [0.3, 0.4) is 0 Å². The standard InChI is InChI=1S/C9H11ClFNS/c10-8-6-7(2-3-9(8)12)13-5-1-4-11/h2-3,6H,1,4-5,12H2. The normalized spacial score (nSPS) is 10.3. The van der Waals surface area contributed by atoms with Crippen molar-refractivity contribution < 1.29 is 4.39 Å². The minimum absolute atomic E-state index is 0.268. The number of halogens is 2. The van der Waals surface area contributed by atoms with Crippen LogP contribution >= 0.6 is 23.4 Å². The number of anilines is 1. The molecular weight excluding hydrogens is 209 g/mol. The molecule has 13 heavy (non-hydrogen) atoms. The molecule has 4 heteroatoms. The van der Waals surface area contributed by atoms with Gasteiger partial charge in [0, 0.05) is 10.6 Å². The molecule has 0 saturated carbocycles. The maximum absolute atomic E-state index is 11.8. The molecule has 0 unspecified atom stereocenters. The summed E-state index contributed by atoms with van der Waals surface area (Å²) < 4.78 is 11.8. The van der Waals surface area contributed by atoms with Crippen LogP contribution in [0.2, 0.25) is 5.02 Å². The molecule has 1 rings (SSSR count). The molecule has 0 aliphatic carbocycles. The number of nitrogens with two attached hydrogens (primary N) is 1. The number of benzene rings is 1. The van der Waals surface area contributed by atoms with E-state index in [1.165, 1.54) is 0 Å². The summed E-state index contributed by atoms with van der Waals surface area (Å²) in [4.78, 5) is 1.03. The van der Waals surface area contributed by atoms with Gasteiger partial charge in [0.25, 0.3) is 0 Å². The number of nitrogen functional groups attached to an aromatic ring is 1. The molecule has 0 bridgehead atoms. The smallest absolute Gasteiger partial charge is 0.0902 e. The van der Waals surface area contributed by atoms with Crippen LogP contribution in [0.4, 0.5) is 10.1 Å². The van der Waals surface area contributed by atoms with E-state index in [2.05, 4.69) is 0 Å². The van der Waals surface area contributed by atoms with Gasteiger partial charge in [-0.2, -0.15) is 0 Å². The first kappa shape index (κ1) is 10.7. The second kappa shape index (κ2) is 5.35. The fourth-order valence-electron chi connectivity index (χ4n) is 0.842. The lowest BCUT2D eigenvalue weighted by molar-refractivity contribution is 0.489. The number of rotatable bonds is 4. The average molecular weight is 220 g/mol. The van der Waals surface area contributed by atoms with Crippen molar-refractivity contribution in [1.29, 1.82) is 0 Å². The monoisotopic (exact) mass is 219 g/mol. The molecule has 0 aromatic heterocycles. The lowest BCUT2D eigenvalue weighted by atomic mass is 10.3. The van der Waals surface area contributed by atoms with Gasteiger partial charge in [0.1, 0.15) is 0 Å². The Labute approximate surface area is 86.5 Å². The molecule has 0 heterocycles. The third kappa shape index (κ3) is 3.44. The van der Waals surface area contributed by atoms with Crippen LogP contribution < -0.4 is 5.73 Å². The molecule has 1 aromatic carbocycles. The molecule has 0 fully saturated rings. The quantitative estimate of drug-likeness (QED) is 0.477. The van der Waals surface area contributed by atoms with Crippen molar-refractivity contribution >= 4 is 29.1 Å². The molecule has 0 aliphatic rings. The first-order chi connectivity index (χ1) is 6.24. The summed E-state index contributed by atoms with van der Waals surface area (Å²) in [6, 6.07) is 5.46. The van der Waals surface area contributed by atoms with Gasteiger partial charge in [0.05, 0.1) is 17.4 Å². The predicted octanol–water partition coefficient (Wildman–Crippen LogP) is 3.37. The third-order valence-electron chi connectivity index (χ3n) is 1.52. The Hall–Kier alpha value is -0.410. The minimum atomic E-state index is -0.268. The molecule has 1 nitrogen and oxygen atoms in total. The van der Waals surface area contributed by atoms with Crippen LogP contribution in [0.5, 0.6) is 0 Å². The van der Waals surface area contributed by atoms with Gasteiger partial charge in [-0.25, -0.2) is 0 Å². The summed E-state index contributed by atoms with van der Waals surface area (Å²) >= 11 is 7.40. The van der Waals surface area contributed by atoms with Gasteiger partial charge in [0.15, 0.2) is 0 Å². The van der Waals surface area contributed by atoms with Crippen molar-refractivity contribution in [3.05, 3.63) is 23.2 Å². The van der Waals surface area contributed by atoms with E-state index >= 15 is 0 Å². The second-order valence-electron chi connectivity index (χ2n) is 2.57. The van der Waals surface area contributed by atoms with Gasteiger partial charge in [-0.15, -0.1) is 11.8 Å². The minimum Gasteiger partial charge on any atom is -0.398 e. The van der Waals surface area contributed by atoms with Crippen LogP contribution in [0.15, 0.2) is 23.1 Å². The van der Waals surface area contributed by atoms with Gasteiger partial charge in [0.2, 0.25) is 0 Å². The zero-order valence-corrected chi connectivity index (χ0v) is 8.67. The van der Waals surface area contributed by atoms with Crippen LogP contribution in [-0.2, 0) is 0 Å². The molecule has 0 radical (unpaired) electrons. The molecule has 0 atom stereocenters. The van der Waals surface area contributed by atoms with Crippen LogP contribution in [0.25, 0.3) is 0 Å². The maximum atomic E-state index is 11.8. The molecular formula is C9H11ClFNS. The number of thioether (sulfide) groups is 1. The van der Waals surface area contributed by atoms with E-state index in [1.807, 2.05) is 6.07 Å². The van der Waals surface area contributed by atoms with E-state index < -0.39 is 0 Å². The molecule has 2 N–H and O–H groups in total. The Morgan fingerprint density at radius 3 is 2.85 bits per heavy atom. The van der Waals surface area contributed by atoms with Gasteiger partial charge in [-0.3, -0.25) is 4.39 Å². The highest BCUT2D eigenvalue weighted by molar-refractivity contribution is 7.99. The first-order valence-electron chi connectivity index (χ1n) is 3.98. The van der Waals surface area contributed by atoms with Gasteiger partial charge in [-0.1, -0.05) is 11.6 Å². The summed E-state index contributed by atoms with van der Waals surface area (Å²) in [6.07, 6.45) is 0.576. The third-order valence-corrected chi connectivity index (χ3v) is 2.93. The lowest BCUT2D eigenvalue weighted by Crippen LogP contribution is -1.86. The fourth-order valence-corrected chi connectivity index (χ4v) is 1.94. The Kier molecular flexibility index (Phi) is 4.39. The Morgan fingerprint density at radius 2 is 2.23 bits per heavy atom. The molecule has 0 amide bonds. The highest BCUT2D eigenvalue weighted by Gasteiger charge is 1.98. The maximum Gasteiger partial charge on any atom is 0.0902 e. The summed E-state index contributed by atoms with van der Waals surface area (Å²) in [5.74, 6) is 0.775. The van der Waals surface area contributed by atoms with E-state index in [-0.39, 0.29) is 6.67 Å². The number of alkyl halides is 1. The summed E-state index contributed by atoms with van der Waals surface area (Å²) in [6.45, 7) is -0.268. The van der Waals surface area contributed by atoms with Gasteiger partial charge >= 0.3 is 0 Å². The van der Waals surface area contributed by atoms with Gasteiger partial charge in [-0.05, 0) is 24.6 Å². The Balaban J connectivity index is 2.53. The van der Waals surface area contributed by atoms with Crippen LogP contribution in [0.1, 0.15) is 6.42 Å². The van der Waals surface area contributed by atoms with Crippen molar-refractivity contribution in [1.82, 2.24) is 0 Å². The summed E-state index contributed by atoms with van der Waals surface area (Å²) in [7, 11) is 0. The second-order valence-corrected chi connectivity index (χ2v) is 4.15. The fraction of sp³-hybridized carbons (Fsp3) is 0.333. The predicted molar refractivity (Wildman–Crippen MR) is 57.2 cm³/mol. The molecule has 1 aromatic rings. The van der Waals surface area contributed by atoms with Crippen molar-refractivity contribution in [2.24, 2.45) is 0 Å². The Bertz CT molecular complexity index is 280. The first-order valence-corrected chi connectivity index (χ1v) is 5.34. The van der Waals surface area contributed by atoms with E-state index in [0.717, 1.165) is 10.6 Å². The SMILES string of the molecule is Nc1ccc(SCCCF)cc1Cl. The van der Waals surface area contributed by atoms with E-state index in [0.29, 0.717) is 17.1 Å². The topological polar surface area (TPSA) is 26.0 Å². The molecule has 0 spiro atoms. The summed E-state index contributed by atoms with van der Waals surface area (Å²) in [5.41, 5.74) is 6.12. The lowest BCUT2D eigenvalue weighted by Gasteiger charge is -2.02. The highest BCUT2D eigenvalue weighted by atomic mass is 35.5. The number of hydrogen-bond acceptors (Lipinski definition) is 2. The zero-order chi connectivity index (χ0) is 9.68. The number of hydrogen-bond donors (Lipinski definition) is 1. The van der Waals surface area contributed by atoms with Crippen molar-refractivity contribution in [2.75, 3.05) is 18.2 Å². The highest BCUT2D eigenvalue weighted by Crippen LogP contribution is 2.26. The van der Waals surface area contributed by atoms with Crippen molar-refractivity contribution in [3.63, 3.8) is 0 Å². The molecule has 72 valence electrons. The van der Waals surface area contributed by atoms with Crippen molar-refractivity contribution in [3.8, 4) is 0 Å². The van der Waals surface area contributed by atoms with Crippen LogP contribution in [0, 0.1) is 0 Å². The van der Waals surface area contributed by atoms with E-state index in [9.17, 15) is 4.39 Å². The largest absolute Gasteiger partial charge is 0.398 e. The molecule has 0 saturated heterocycles. The van der Waals surface area contributed by atoms with Gasteiger partial charge < -0.3 is 5.73 Å². The summed E-state index contributed by atoms with van der Waals surface area (Å²) in [5, 5.41) is 0.560. The Morgan fingerprint density at radius 1 is 1.46 bits per heavy atom. The molecule has 0 aliphatic heterocycles. The average Bonchev–Trinajstić information content (AvgIpc) is 2.12. The van der Waals surface area contributed by atoms with Crippen molar-refractivity contribution in [2.45, 2.75) is 11.3 Å². The zero-order valence-electron chi connectivity index (χ0n) is 7.09. The van der Waals surface area contributed by atoms with E-state index in [1.54, 1.807) is 23.9 Å².